The third-order valence-electron chi connectivity index (χ3n) is 12.8. The topological polar surface area (TPSA) is 110 Å². The molecule has 6 atom stereocenters. The number of carbonyl (C=O) groups excluding carboxylic acids is 1. The van der Waals surface area contributed by atoms with E-state index >= 15 is 0 Å². The number of rotatable bonds is 28. The molecule has 1 amide bonds. The van der Waals surface area contributed by atoms with Crippen LogP contribution in [0.5, 0.6) is 11.5 Å². The van der Waals surface area contributed by atoms with Crippen LogP contribution in [0.15, 0.2) is 82.9 Å². The monoisotopic (exact) mass is 875 g/mol. The standard InChI is InChI=1S/C52H78N2O7S/c1-7-9-10-11-12-13-14-15-19-28-48(57)54(6)47-38-45(53-61-51(3,4)5)43-36-39(24-20-22-31-55)42(27-21-23-32-56)49-44-37-40(58-34-35-62-41-25-17-16-18-26-41)29-30-46(44)60-52(47,50(43)49)59-33-8-2/h8,16-18,25-26,29-30,36-37,39,42,47,49-50,55-56H,2,7,9-15,19-24,27-28,31-35,38H2,1,3-6H3/t39-,42+,47-,49+,50+,52+/m0/s1. The second-order valence-electron chi connectivity index (χ2n) is 18.6. The number of fused-ring (bicyclic) bond motifs is 2. The van der Waals surface area contributed by atoms with E-state index in [-0.39, 0.29) is 49.4 Å². The van der Waals surface area contributed by atoms with E-state index < -0.39 is 17.4 Å². The highest BCUT2D eigenvalue weighted by molar-refractivity contribution is 7.99. The number of allylic oxidation sites excluding steroid dienone is 1. The van der Waals surface area contributed by atoms with Gasteiger partial charge in [0.05, 0.1) is 24.8 Å². The normalized spacial score (nSPS) is 23.5. The van der Waals surface area contributed by atoms with Gasteiger partial charge in [0, 0.05) is 55.2 Å². The van der Waals surface area contributed by atoms with E-state index in [4.69, 9.17) is 24.2 Å². The number of aliphatic hydroxyl groups is 2. The van der Waals surface area contributed by atoms with Gasteiger partial charge in [-0.05, 0) is 101 Å². The summed E-state index contributed by atoms with van der Waals surface area (Å²) in [5.41, 5.74) is 2.39. The van der Waals surface area contributed by atoms with Crippen molar-refractivity contribution in [3.8, 4) is 11.5 Å². The van der Waals surface area contributed by atoms with E-state index in [0.717, 1.165) is 85.5 Å². The van der Waals surface area contributed by atoms with Gasteiger partial charge < -0.3 is 34.2 Å². The zero-order valence-corrected chi connectivity index (χ0v) is 39.5. The van der Waals surface area contributed by atoms with E-state index in [2.05, 4.69) is 49.9 Å². The van der Waals surface area contributed by atoms with Gasteiger partial charge in [0.1, 0.15) is 23.1 Å². The number of amides is 1. The molecule has 1 heterocycles. The number of hydrogen-bond acceptors (Lipinski definition) is 9. The molecule has 1 fully saturated rings. The molecule has 9 nitrogen and oxygen atoms in total. The van der Waals surface area contributed by atoms with Crippen molar-refractivity contribution in [3.05, 3.63) is 78.4 Å². The van der Waals surface area contributed by atoms with Crippen LogP contribution in [0.2, 0.25) is 0 Å². The second kappa shape index (κ2) is 25.2. The molecule has 344 valence electrons. The molecule has 2 aromatic carbocycles. The van der Waals surface area contributed by atoms with E-state index in [0.29, 0.717) is 25.9 Å². The molecule has 2 N–H and O–H groups in total. The Morgan fingerprint density at radius 2 is 1.65 bits per heavy atom. The third kappa shape index (κ3) is 13.6. The van der Waals surface area contributed by atoms with Crippen LogP contribution in [0.1, 0.15) is 148 Å². The molecule has 0 radical (unpaired) electrons. The molecule has 5 rings (SSSR count). The lowest BCUT2D eigenvalue weighted by molar-refractivity contribution is -0.255. The SMILES string of the molecule is C=CCO[C@@]12Oc3ccc(OCCSc4ccccc4)cc3[C@H]3[C@H](CCCCO)[C@@H](CCCCO)C=C(C(=NOC(C)(C)C)C[C@@H]1N(C)C(=O)CCCCCCCCCCC)[C@H]32. The fourth-order valence-electron chi connectivity index (χ4n) is 9.78. The van der Waals surface area contributed by atoms with Crippen molar-refractivity contribution >= 4 is 23.4 Å². The van der Waals surface area contributed by atoms with Crippen LogP contribution in [0, 0.1) is 17.8 Å². The van der Waals surface area contributed by atoms with Gasteiger partial charge in [-0.1, -0.05) is 107 Å². The highest BCUT2D eigenvalue weighted by Gasteiger charge is 2.65. The highest BCUT2D eigenvalue weighted by atomic mass is 32.2. The smallest absolute Gasteiger partial charge is 0.239 e. The number of nitrogens with zero attached hydrogens (tertiary/aromatic N) is 2. The first-order valence-electron chi connectivity index (χ1n) is 23.9. The maximum absolute atomic E-state index is 14.4. The van der Waals surface area contributed by atoms with E-state index in [1.54, 1.807) is 17.8 Å². The van der Waals surface area contributed by atoms with Crippen molar-refractivity contribution in [2.75, 3.05) is 39.2 Å². The quantitative estimate of drug-likeness (QED) is 0.0376. The molecule has 2 aliphatic carbocycles. The molecular weight excluding hydrogens is 797 g/mol. The number of likely N-dealkylation sites (N-methyl/N-ethyl adjacent to an activating group) is 1. The van der Waals surface area contributed by atoms with Gasteiger partial charge in [-0.3, -0.25) is 4.79 Å². The summed E-state index contributed by atoms with van der Waals surface area (Å²) in [6.45, 7) is 13.4. The molecule has 2 aromatic rings. The first-order valence-corrected chi connectivity index (χ1v) is 24.9. The summed E-state index contributed by atoms with van der Waals surface area (Å²) >= 11 is 1.77. The number of unbranched alkanes of at least 4 members (excludes halogenated alkanes) is 10. The third-order valence-corrected chi connectivity index (χ3v) is 13.8. The zero-order chi connectivity index (χ0) is 44.4. The molecule has 62 heavy (non-hydrogen) atoms. The van der Waals surface area contributed by atoms with E-state index in [1.165, 1.54) is 43.4 Å². The zero-order valence-electron chi connectivity index (χ0n) is 38.7. The Kier molecular flexibility index (Phi) is 20.2. The molecule has 0 saturated heterocycles. The molecule has 1 aliphatic heterocycles. The van der Waals surface area contributed by atoms with Gasteiger partial charge >= 0.3 is 0 Å². The van der Waals surface area contributed by atoms with Crippen molar-refractivity contribution < 1.29 is 34.1 Å². The molecule has 0 bridgehead atoms. The average Bonchev–Trinajstić information content (AvgIpc) is 3.26. The molecule has 1 saturated carbocycles. The number of benzene rings is 2. The average molecular weight is 875 g/mol. The molecule has 0 unspecified atom stereocenters. The number of thioether (sulfide) groups is 1. The summed E-state index contributed by atoms with van der Waals surface area (Å²) in [5.74, 6) is 1.04. The summed E-state index contributed by atoms with van der Waals surface area (Å²) in [7, 11) is 1.91. The summed E-state index contributed by atoms with van der Waals surface area (Å²) in [6.07, 6.45) is 20.7. The predicted octanol–water partition coefficient (Wildman–Crippen LogP) is 11.7. The Morgan fingerprint density at radius 1 is 0.952 bits per heavy atom. The number of carbonyl (C=O) groups is 1. The van der Waals surface area contributed by atoms with Crippen LogP contribution in [-0.2, 0) is 14.4 Å². The van der Waals surface area contributed by atoms with Crippen LogP contribution >= 0.6 is 11.8 Å². The molecule has 10 heteroatoms. The van der Waals surface area contributed by atoms with Crippen molar-refractivity contribution in [1.82, 2.24) is 4.90 Å². The first kappa shape index (κ1) is 49.7. The largest absolute Gasteiger partial charge is 0.493 e. The molecular formula is C52H78N2O7S. The fraction of sp³-hybridized carbons (Fsp3) is 0.654. The number of ether oxygens (including phenoxy) is 3. The lowest BCUT2D eigenvalue weighted by Gasteiger charge is -2.59. The van der Waals surface area contributed by atoms with Crippen LogP contribution in [-0.4, -0.2) is 83.4 Å². The van der Waals surface area contributed by atoms with Gasteiger partial charge in [-0.15, -0.1) is 18.3 Å². The lowest BCUT2D eigenvalue weighted by Crippen LogP contribution is -2.69. The number of hydrogen-bond donors (Lipinski definition) is 2. The number of oxime groups is 1. The van der Waals surface area contributed by atoms with Crippen molar-refractivity contribution in [2.45, 2.75) is 165 Å². The van der Waals surface area contributed by atoms with Crippen LogP contribution in [0.4, 0.5) is 0 Å². The van der Waals surface area contributed by atoms with Gasteiger partial charge in [-0.25, -0.2) is 0 Å². The Labute approximate surface area is 378 Å². The van der Waals surface area contributed by atoms with Gasteiger partial charge in [-0.2, -0.15) is 0 Å². The van der Waals surface area contributed by atoms with E-state index in [9.17, 15) is 15.0 Å². The fourth-order valence-corrected chi connectivity index (χ4v) is 10.5. The summed E-state index contributed by atoms with van der Waals surface area (Å²) < 4.78 is 20.9. The second-order valence-corrected chi connectivity index (χ2v) is 19.7. The maximum Gasteiger partial charge on any atom is 0.239 e. The number of aliphatic hydroxyl groups excluding tert-OH is 2. The highest BCUT2D eigenvalue weighted by Crippen LogP contribution is 2.62. The summed E-state index contributed by atoms with van der Waals surface area (Å²) in [5, 5.41) is 24.8. The van der Waals surface area contributed by atoms with Crippen LogP contribution in [0.25, 0.3) is 0 Å². The maximum atomic E-state index is 14.4. The van der Waals surface area contributed by atoms with Crippen molar-refractivity contribution in [2.24, 2.45) is 22.9 Å². The van der Waals surface area contributed by atoms with Crippen LogP contribution < -0.4 is 9.47 Å². The Balaban J connectivity index is 1.56. The van der Waals surface area contributed by atoms with Crippen molar-refractivity contribution in [1.29, 1.82) is 0 Å². The van der Waals surface area contributed by atoms with Crippen molar-refractivity contribution in [3.63, 3.8) is 0 Å². The van der Waals surface area contributed by atoms with E-state index in [1.807, 2.05) is 50.9 Å². The first-order chi connectivity index (χ1) is 30.1. The molecule has 3 aliphatic rings. The minimum atomic E-state index is -1.25. The minimum absolute atomic E-state index is 0.0725. The Morgan fingerprint density at radius 3 is 2.32 bits per heavy atom. The predicted molar refractivity (Wildman–Crippen MR) is 253 cm³/mol. The molecule has 0 spiro atoms. The van der Waals surface area contributed by atoms with Crippen LogP contribution in [0.3, 0.4) is 0 Å². The summed E-state index contributed by atoms with van der Waals surface area (Å²) in [4.78, 5) is 23.7. The Hall–Kier alpha value is -3.31. The minimum Gasteiger partial charge on any atom is -0.493 e. The molecule has 0 aromatic heterocycles. The summed E-state index contributed by atoms with van der Waals surface area (Å²) in [6, 6.07) is 16.1. The van der Waals surface area contributed by atoms with Gasteiger partial charge in [0.25, 0.3) is 0 Å². The lowest BCUT2D eigenvalue weighted by atomic mass is 9.55. The Bertz CT molecular complexity index is 1730. The van der Waals surface area contributed by atoms with Gasteiger partial charge in [0.2, 0.25) is 11.7 Å². The van der Waals surface area contributed by atoms with Gasteiger partial charge in [0.15, 0.2) is 0 Å².